The van der Waals surface area contributed by atoms with Crippen molar-refractivity contribution in [1.29, 1.82) is 0 Å². The molecule has 1 atom stereocenters. The monoisotopic (exact) mass is 374 g/mol. The Labute approximate surface area is 158 Å². The van der Waals surface area contributed by atoms with Crippen molar-refractivity contribution in [2.24, 2.45) is 0 Å². The Kier molecular flexibility index (Phi) is 7.17. The Morgan fingerprint density at radius 1 is 1.23 bits per heavy atom. The van der Waals surface area contributed by atoms with E-state index in [1.165, 1.54) is 10.4 Å². The van der Waals surface area contributed by atoms with Crippen LogP contribution in [0.5, 0.6) is 0 Å². The molecule has 140 valence electrons. The second-order valence-electron chi connectivity index (χ2n) is 6.33. The van der Waals surface area contributed by atoms with E-state index in [9.17, 15) is 9.59 Å². The highest BCUT2D eigenvalue weighted by molar-refractivity contribution is 7.10. The number of nitrogens with zero attached hydrogens (tertiary/aromatic N) is 1. The van der Waals surface area contributed by atoms with Gasteiger partial charge in [-0.1, -0.05) is 12.1 Å². The molecule has 1 aromatic heterocycles. The zero-order chi connectivity index (χ0) is 19.1. The van der Waals surface area contributed by atoms with Gasteiger partial charge in [-0.2, -0.15) is 0 Å². The molecule has 0 saturated carbocycles. The van der Waals surface area contributed by atoms with Crippen molar-refractivity contribution in [3.05, 3.63) is 51.7 Å². The Morgan fingerprint density at radius 3 is 2.62 bits per heavy atom. The molecule has 0 fully saturated rings. The molecule has 1 heterocycles. The number of urea groups is 1. The Bertz CT molecular complexity index is 758. The molecule has 0 aliphatic carbocycles. The van der Waals surface area contributed by atoms with E-state index in [1.54, 1.807) is 24.5 Å². The van der Waals surface area contributed by atoms with Crippen LogP contribution in [0.4, 0.5) is 10.5 Å². The minimum atomic E-state index is -0.261. The van der Waals surface area contributed by atoms with Crippen LogP contribution in [0.1, 0.15) is 22.0 Å². The lowest BCUT2D eigenvalue weighted by Crippen LogP contribution is -2.36. The summed E-state index contributed by atoms with van der Waals surface area (Å²) in [4.78, 5) is 27.1. The summed E-state index contributed by atoms with van der Waals surface area (Å²) in [5.74, 6) is -0.0632. The molecule has 2 rings (SSSR count). The molecule has 3 N–H and O–H groups in total. The van der Waals surface area contributed by atoms with Crippen LogP contribution in [-0.2, 0) is 11.2 Å². The lowest BCUT2D eigenvalue weighted by Gasteiger charge is -2.24. The maximum atomic E-state index is 12.3. The molecule has 3 amide bonds. The van der Waals surface area contributed by atoms with Gasteiger partial charge < -0.3 is 20.9 Å². The largest absolute Gasteiger partial charge is 0.359 e. The van der Waals surface area contributed by atoms with Crippen LogP contribution in [0, 0.1) is 6.92 Å². The SMILES string of the molecule is CNC(=O)Cc1cccc(NC(=O)NC[C@@H](c2sccc2C)N(C)C)c1. The maximum absolute atomic E-state index is 12.3. The van der Waals surface area contributed by atoms with Gasteiger partial charge in [0.25, 0.3) is 0 Å². The van der Waals surface area contributed by atoms with Gasteiger partial charge in [-0.25, -0.2) is 4.79 Å². The molecular weight excluding hydrogens is 348 g/mol. The van der Waals surface area contributed by atoms with Crippen molar-refractivity contribution >= 4 is 29.0 Å². The molecule has 0 unspecified atom stereocenters. The predicted octanol–water partition coefficient (Wildman–Crippen LogP) is 2.77. The van der Waals surface area contributed by atoms with Gasteiger partial charge in [0, 0.05) is 24.2 Å². The van der Waals surface area contributed by atoms with Crippen molar-refractivity contribution in [3.63, 3.8) is 0 Å². The highest BCUT2D eigenvalue weighted by atomic mass is 32.1. The van der Waals surface area contributed by atoms with Crippen LogP contribution in [0.25, 0.3) is 0 Å². The fourth-order valence-electron chi connectivity index (χ4n) is 2.63. The first-order chi connectivity index (χ1) is 12.4. The van der Waals surface area contributed by atoms with Crippen molar-refractivity contribution in [2.75, 3.05) is 33.0 Å². The van der Waals surface area contributed by atoms with Gasteiger partial charge in [-0.3, -0.25) is 4.79 Å². The molecule has 6 nitrogen and oxygen atoms in total. The van der Waals surface area contributed by atoms with Crippen LogP contribution in [0.15, 0.2) is 35.7 Å². The number of anilines is 1. The first-order valence-electron chi connectivity index (χ1n) is 8.45. The molecule has 0 aliphatic heterocycles. The second kappa shape index (κ2) is 9.35. The number of carbonyl (C=O) groups is 2. The number of likely N-dealkylation sites (N-methyl/N-ethyl adjacent to an activating group) is 2. The molecule has 2 aromatic rings. The van der Waals surface area contributed by atoms with Crippen molar-refractivity contribution < 1.29 is 9.59 Å². The predicted molar refractivity (Wildman–Crippen MR) is 107 cm³/mol. The summed E-state index contributed by atoms with van der Waals surface area (Å²) in [5.41, 5.74) is 2.75. The number of rotatable bonds is 7. The van der Waals surface area contributed by atoms with Crippen LogP contribution in [-0.4, -0.2) is 44.5 Å². The smallest absolute Gasteiger partial charge is 0.319 e. The van der Waals surface area contributed by atoms with E-state index < -0.39 is 0 Å². The third kappa shape index (κ3) is 5.57. The summed E-state index contributed by atoms with van der Waals surface area (Å²) in [6, 6.07) is 9.25. The highest BCUT2D eigenvalue weighted by Gasteiger charge is 2.18. The van der Waals surface area contributed by atoms with E-state index in [0.29, 0.717) is 12.2 Å². The average Bonchev–Trinajstić information content (AvgIpc) is 3.01. The maximum Gasteiger partial charge on any atom is 0.319 e. The van der Waals surface area contributed by atoms with Crippen LogP contribution in [0.3, 0.4) is 0 Å². The van der Waals surface area contributed by atoms with Gasteiger partial charge in [0.2, 0.25) is 5.91 Å². The molecule has 0 radical (unpaired) electrons. The topological polar surface area (TPSA) is 73.5 Å². The standard InChI is InChI=1S/C19H26N4O2S/c1-13-8-9-26-18(13)16(23(3)4)12-21-19(25)22-15-7-5-6-14(10-15)11-17(24)20-2/h5-10,16H,11-12H2,1-4H3,(H,20,24)(H2,21,22,25)/t16-/m0/s1. The summed E-state index contributed by atoms with van der Waals surface area (Å²) >= 11 is 1.70. The number of nitrogens with one attached hydrogen (secondary N) is 3. The molecule has 0 aliphatic rings. The van der Waals surface area contributed by atoms with E-state index in [-0.39, 0.29) is 24.4 Å². The molecular formula is C19H26N4O2S. The fourth-order valence-corrected chi connectivity index (χ4v) is 3.76. The van der Waals surface area contributed by atoms with E-state index in [1.807, 2.05) is 32.3 Å². The number of hydrogen-bond acceptors (Lipinski definition) is 4. The summed E-state index contributed by atoms with van der Waals surface area (Å²) in [5, 5.41) is 10.4. The minimum absolute atomic E-state index is 0.0632. The third-order valence-corrected chi connectivity index (χ3v) is 5.23. The summed E-state index contributed by atoms with van der Waals surface area (Å²) in [7, 11) is 5.62. The van der Waals surface area contributed by atoms with Gasteiger partial charge >= 0.3 is 6.03 Å². The number of amides is 3. The van der Waals surface area contributed by atoms with Crippen LogP contribution < -0.4 is 16.0 Å². The van der Waals surface area contributed by atoms with E-state index >= 15 is 0 Å². The normalized spacial score (nSPS) is 11.9. The fraction of sp³-hybridized carbons (Fsp3) is 0.368. The molecule has 0 bridgehead atoms. The van der Waals surface area contributed by atoms with Gasteiger partial charge in [-0.15, -0.1) is 11.3 Å². The molecule has 0 spiro atoms. The summed E-state index contributed by atoms with van der Waals surface area (Å²) < 4.78 is 0. The van der Waals surface area contributed by atoms with Gasteiger partial charge in [0.05, 0.1) is 12.5 Å². The van der Waals surface area contributed by atoms with Gasteiger partial charge in [0.15, 0.2) is 0 Å². The van der Waals surface area contributed by atoms with Crippen LogP contribution >= 0.6 is 11.3 Å². The first-order valence-corrected chi connectivity index (χ1v) is 9.33. The Morgan fingerprint density at radius 2 is 2.00 bits per heavy atom. The first kappa shape index (κ1) is 19.9. The van der Waals surface area contributed by atoms with E-state index in [0.717, 1.165) is 5.56 Å². The van der Waals surface area contributed by atoms with Crippen LogP contribution in [0.2, 0.25) is 0 Å². The van der Waals surface area contributed by atoms with E-state index in [2.05, 4.69) is 39.2 Å². The number of thiophene rings is 1. The van der Waals surface area contributed by atoms with E-state index in [4.69, 9.17) is 0 Å². The summed E-state index contributed by atoms with van der Waals surface area (Å²) in [6.45, 7) is 2.60. The average molecular weight is 375 g/mol. The van der Waals surface area contributed by atoms with Gasteiger partial charge in [0.1, 0.15) is 0 Å². The van der Waals surface area contributed by atoms with Gasteiger partial charge in [-0.05, 0) is 55.7 Å². The Balaban J connectivity index is 1.95. The zero-order valence-electron chi connectivity index (χ0n) is 15.6. The third-order valence-electron chi connectivity index (χ3n) is 4.11. The molecule has 0 saturated heterocycles. The van der Waals surface area contributed by atoms with Crippen molar-refractivity contribution in [1.82, 2.24) is 15.5 Å². The quantitative estimate of drug-likeness (QED) is 0.698. The lowest BCUT2D eigenvalue weighted by atomic mass is 10.1. The lowest BCUT2D eigenvalue weighted by molar-refractivity contribution is -0.119. The number of aryl methyl sites for hydroxylation is 1. The highest BCUT2D eigenvalue weighted by Crippen LogP contribution is 2.26. The summed E-state index contributed by atoms with van der Waals surface area (Å²) in [6.07, 6.45) is 0.286. The number of carbonyl (C=O) groups excluding carboxylic acids is 2. The molecule has 1 aromatic carbocycles. The molecule has 26 heavy (non-hydrogen) atoms. The minimum Gasteiger partial charge on any atom is -0.359 e. The van der Waals surface area contributed by atoms with Crippen molar-refractivity contribution in [2.45, 2.75) is 19.4 Å². The number of hydrogen-bond donors (Lipinski definition) is 3. The zero-order valence-corrected chi connectivity index (χ0v) is 16.4. The second-order valence-corrected chi connectivity index (χ2v) is 7.28. The van der Waals surface area contributed by atoms with Crippen molar-refractivity contribution in [3.8, 4) is 0 Å². The Hall–Kier alpha value is -2.38. The molecule has 7 heteroatoms. The number of benzene rings is 1.